The quantitative estimate of drug-likeness (QED) is 0.917. The highest BCUT2D eigenvalue weighted by atomic mass is 79.9. The third-order valence-electron chi connectivity index (χ3n) is 2.83. The van der Waals surface area contributed by atoms with E-state index in [9.17, 15) is 4.39 Å². The third kappa shape index (κ3) is 3.81. The molecule has 1 heterocycles. The molecule has 0 amide bonds. The highest BCUT2D eigenvalue weighted by molar-refractivity contribution is 9.10. The Morgan fingerprint density at radius 2 is 2.21 bits per heavy atom. The van der Waals surface area contributed by atoms with Crippen molar-refractivity contribution in [3.05, 3.63) is 58.3 Å². The molecule has 19 heavy (non-hydrogen) atoms. The fourth-order valence-corrected chi connectivity index (χ4v) is 2.44. The molecule has 1 unspecified atom stereocenters. The molecule has 1 aromatic carbocycles. The van der Waals surface area contributed by atoms with Gasteiger partial charge < -0.3 is 5.32 Å². The fraction of sp³-hybridized carbons (Fsp3) is 0.286. The van der Waals surface area contributed by atoms with E-state index >= 15 is 0 Å². The van der Waals surface area contributed by atoms with Crippen LogP contribution in [0.15, 0.2) is 41.3 Å². The summed E-state index contributed by atoms with van der Waals surface area (Å²) in [6, 6.07) is 4.81. The van der Waals surface area contributed by atoms with Gasteiger partial charge in [-0.2, -0.15) is 0 Å². The van der Waals surface area contributed by atoms with Crippen LogP contribution in [0.25, 0.3) is 0 Å². The first kappa shape index (κ1) is 14.1. The van der Waals surface area contributed by atoms with Gasteiger partial charge in [-0.25, -0.2) is 4.39 Å². The molecule has 2 aromatic rings. The minimum Gasteiger partial charge on any atom is -0.309 e. The van der Waals surface area contributed by atoms with Crippen molar-refractivity contribution in [2.45, 2.75) is 19.4 Å². The summed E-state index contributed by atoms with van der Waals surface area (Å²) in [7, 11) is 0. The highest BCUT2D eigenvalue weighted by Crippen LogP contribution is 2.23. The molecule has 0 spiro atoms. The van der Waals surface area contributed by atoms with Crippen LogP contribution in [0.5, 0.6) is 0 Å². The monoisotopic (exact) mass is 323 g/mol. The molecule has 0 aliphatic rings. The van der Waals surface area contributed by atoms with Crippen LogP contribution in [0.2, 0.25) is 0 Å². The summed E-state index contributed by atoms with van der Waals surface area (Å²) in [5.41, 5.74) is 1.93. The molecule has 1 aromatic heterocycles. The predicted octanol–water partition coefficient (Wildman–Crippen LogP) is 3.27. The molecule has 0 saturated carbocycles. The Kier molecular flexibility index (Phi) is 4.99. The number of rotatable bonds is 5. The Hall–Kier alpha value is -1.33. The zero-order valence-corrected chi connectivity index (χ0v) is 12.2. The number of hydrogen-bond acceptors (Lipinski definition) is 3. The summed E-state index contributed by atoms with van der Waals surface area (Å²) in [5.74, 6) is -0.241. The smallest absolute Gasteiger partial charge is 0.124 e. The molecule has 0 radical (unpaired) electrons. The molecular weight excluding hydrogens is 309 g/mol. The molecule has 3 nitrogen and oxygen atoms in total. The van der Waals surface area contributed by atoms with Gasteiger partial charge in [0, 0.05) is 23.1 Å². The van der Waals surface area contributed by atoms with Gasteiger partial charge in [-0.05, 0) is 30.7 Å². The van der Waals surface area contributed by atoms with E-state index in [0.717, 1.165) is 28.7 Å². The van der Waals surface area contributed by atoms with Gasteiger partial charge in [0.1, 0.15) is 5.82 Å². The Morgan fingerprint density at radius 3 is 2.84 bits per heavy atom. The minimum absolute atomic E-state index is 0.0699. The Bertz CT molecular complexity index is 533. The van der Waals surface area contributed by atoms with Crippen LogP contribution in [0.3, 0.4) is 0 Å². The van der Waals surface area contributed by atoms with E-state index < -0.39 is 0 Å². The first-order valence-corrected chi connectivity index (χ1v) is 6.93. The average molecular weight is 324 g/mol. The summed E-state index contributed by atoms with van der Waals surface area (Å²) in [4.78, 5) is 8.42. The van der Waals surface area contributed by atoms with E-state index in [1.54, 1.807) is 24.7 Å². The van der Waals surface area contributed by atoms with Crippen LogP contribution in [-0.4, -0.2) is 16.5 Å². The summed E-state index contributed by atoms with van der Waals surface area (Å²) < 4.78 is 13.9. The van der Waals surface area contributed by atoms with E-state index in [0.29, 0.717) is 0 Å². The average Bonchev–Trinajstić information content (AvgIpc) is 2.42. The van der Waals surface area contributed by atoms with E-state index in [1.165, 1.54) is 12.1 Å². The van der Waals surface area contributed by atoms with Crippen molar-refractivity contribution in [3.63, 3.8) is 0 Å². The SMILES string of the molecule is CCNC(Cc1ccc(F)cc1Br)c1cnccn1. The second kappa shape index (κ2) is 6.73. The van der Waals surface area contributed by atoms with Crippen LogP contribution in [0, 0.1) is 5.82 Å². The second-order valence-electron chi connectivity index (χ2n) is 4.18. The number of benzene rings is 1. The maximum absolute atomic E-state index is 13.1. The van der Waals surface area contributed by atoms with Crippen LogP contribution >= 0.6 is 15.9 Å². The largest absolute Gasteiger partial charge is 0.309 e. The Morgan fingerprint density at radius 1 is 1.37 bits per heavy atom. The molecular formula is C14H15BrFN3. The normalized spacial score (nSPS) is 12.4. The molecule has 0 bridgehead atoms. The standard InChI is InChI=1S/C14H15BrFN3/c1-2-18-13(14-9-17-5-6-19-14)7-10-3-4-11(16)8-12(10)15/h3-6,8-9,13,18H,2,7H2,1H3. The van der Waals surface area contributed by atoms with Gasteiger partial charge in [-0.15, -0.1) is 0 Å². The number of hydrogen-bond donors (Lipinski definition) is 1. The zero-order valence-electron chi connectivity index (χ0n) is 10.6. The predicted molar refractivity (Wildman–Crippen MR) is 76.3 cm³/mol. The number of nitrogens with one attached hydrogen (secondary N) is 1. The number of halogens is 2. The zero-order chi connectivity index (χ0) is 13.7. The summed E-state index contributed by atoms with van der Waals surface area (Å²) in [6.07, 6.45) is 5.82. The lowest BCUT2D eigenvalue weighted by Gasteiger charge is -2.17. The van der Waals surface area contributed by atoms with Crippen molar-refractivity contribution in [3.8, 4) is 0 Å². The molecule has 0 aliphatic heterocycles. The van der Waals surface area contributed by atoms with Crippen molar-refractivity contribution in [1.29, 1.82) is 0 Å². The summed E-state index contributed by atoms with van der Waals surface area (Å²) in [6.45, 7) is 2.88. The molecule has 0 saturated heterocycles. The van der Waals surface area contributed by atoms with Crippen molar-refractivity contribution < 1.29 is 4.39 Å². The molecule has 5 heteroatoms. The van der Waals surface area contributed by atoms with Crippen LogP contribution in [0.4, 0.5) is 4.39 Å². The maximum atomic E-state index is 13.1. The second-order valence-corrected chi connectivity index (χ2v) is 5.03. The van der Waals surface area contributed by atoms with E-state index in [1.807, 2.05) is 6.92 Å². The lowest BCUT2D eigenvalue weighted by molar-refractivity contribution is 0.533. The lowest BCUT2D eigenvalue weighted by atomic mass is 10.0. The first-order valence-electron chi connectivity index (χ1n) is 6.14. The van der Waals surface area contributed by atoms with Gasteiger partial charge in [0.25, 0.3) is 0 Å². The number of likely N-dealkylation sites (N-methyl/N-ethyl adjacent to an activating group) is 1. The Labute approximate surface area is 120 Å². The Balaban J connectivity index is 2.21. The van der Waals surface area contributed by atoms with Gasteiger partial charge in [0.2, 0.25) is 0 Å². The number of nitrogens with zero attached hydrogens (tertiary/aromatic N) is 2. The molecule has 100 valence electrons. The topological polar surface area (TPSA) is 37.8 Å². The molecule has 0 aliphatic carbocycles. The molecule has 0 fully saturated rings. The van der Waals surface area contributed by atoms with Gasteiger partial charge in [0.15, 0.2) is 0 Å². The van der Waals surface area contributed by atoms with Crippen LogP contribution in [0.1, 0.15) is 24.2 Å². The highest BCUT2D eigenvalue weighted by Gasteiger charge is 2.14. The minimum atomic E-state index is -0.241. The van der Waals surface area contributed by atoms with Gasteiger partial charge >= 0.3 is 0 Å². The van der Waals surface area contributed by atoms with Gasteiger partial charge in [0.05, 0.1) is 11.7 Å². The first-order chi connectivity index (χ1) is 9.20. The van der Waals surface area contributed by atoms with E-state index in [2.05, 4.69) is 31.2 Å². The van der Waals surface area contributed by atoms with Crippen molar-refractivity contribution >= 4 is 15.9 Å². The van der Waals surface area contributed by atoms with Gasteiger partial charge in [-0.1, -0.05) is 28.9 Å². The molecule has 1 atom stereocenters. The van der Waals surface area contributed by atoms with Crippen LogP contribution in [-0.2, 0) is 6.42 Å². The maximum Gasteiger partial charge on any atom is 0.124 e. The lowest BCUT2D eigenvalue weighted by Crippen LogP contribution is -2.24. The van der Waals surface area contributed by atoms with Crippen molar-refractivity contribution in [1.82, 2.24) is 15.3 Å². The van der Waals surface area contributed by atoms with Gasteiger partial charge in [-0.3, -0.25) is 9.97 Å². The fourth-order valence-electron chi connectivity index (χ4n) is 1.93. The summed E-state index contributed by atoms with van der Waals surface area (Å²) >= 11 is 3.40. The van der Waals surface area contributed by atoms with Crippen LogP contribution < -0.4 is 5.32 Å². The van der Waals surface area contributed by atoms with Crippen molar-refractivity contribution in [2.24, 2.45) is 0 Å². The number of aromatic nitrogens is 2. The third-order valence-corrected chi connectivity index (χ3v) is 3.57. The molecule has 2 rings (SSSR count). The van der Waals surface area contributed by atoms with E-state index in [4.69, 9.17) is 0 Å². The van der Waals surface area contributed by atoms with Crippen molar-refractivity contribution in [2.75, 3.05) is 6.54 Å². The molecule has 1 N–H and O–H groups in total. The summed E-state index contributed by atoms with van der Waals surface area (Å²) in [5, 5.41) is 3.37. The van der Waals surface area contributed by atoms with E-state index in [-0.39, 0.29) is 11.9 Å².